The van der Waals surface area contributed by atoms with E-state index in [1.807, 2.05) is 0 Å². The predicted molar refractivity (Wildman–Crippen MR) is 50.0 cm³/mol. The highest BCUT2D eigenvalue weighted by atomic mass is 16.3. The van der Waals surface area contributed by atoms with E-state index < -0.39 is 0 Å². The molecule has 5 nitrogen and oxygen atoms in total. The molecule has 1 amide bonds. The molecule has 5 heteroatoms. The van der Waals surface area contributed by atoms with Gasteiger partial charge in [-0.2, -0.15) is 0 Å². The molecule has 2 rings (SSSR count). The Morgan fingerprint density at radius 3 is 3.21 bits per heavy atom. The Bertz CT molecular complexity index is 329. The van der Waals surface area contributed by atoms with Crippen molar-refractivity contribution in [3.8, 4) is 0 Å². The van der Waals surface area contributed by atoms with Crippen LogP contribution in [0.5, 0.6) is 0 Å². The summed E-state index contributed by atoms with van der Waals surface area (Å²) < 4.78 is 4.96. The van der Waals surface area contributed by atoms with Gasteiger partial charge in [0.2, 0.25) is 0 Å². The summed E-state index contributed by atoms with van der Waals surface area (Å²) >= 11 is 0. The van der Waals surface area contributed by atoms with Gasteiger partial charge in [-0.05, 0) is 13.0 Å². The third kappa shape index (κ3) is 1.93. The van der Waals surface area contributed by atoms with Crippen LogP contribution in [0.3, 0.4) is 0 Å². The van der Waals surface area contributed by atoms with E-state index in [4.69, 9.17) is 4.42 Å². The topological polar surface area (TPSA) is 67.2 Å². The van der Waals surface area contributed by atoms with E-state index >= 15 is 0 Å². The van der Waals surface area contributed by atoms with Gasteiger partial charge in [-0.1, -0.05) is 0 Å². The molecule has 76 valence electrons. The summed E-state index contributed by atoms with van der Waals surface area (Å²) in [5.41, 5.74) is 0.356. The van der Waals surface area contributed by atoms with Gasteiger partial charge in [0.05, 0.1) is 0 Å². The lowest BCUT2D eigenvalue weighted by Crippen LogP contribution is -2.36. The zero-order valence-corrected chi connectivity index (χ0v) is 8.04. The number of aryl methyl sites for hydroxylation is 1. The van der Waals surface area contributed by atoms with Crippen molar-refractivity contribution >= 4 is 5.91 Å². The molecule has 1 aromatic heterocycles. The summed E-state index contributed by atoms with van der Waals surface area (Å²) in [6.45, 7) is 3.51. The van der Waals surface area contributed by atoms with Crippen molar-refractivity contribution in [1.82, 2.24) is 15.6 Å². The summed E-state index contributed by atoms with van der Waals surface area (Å²) in [6.07, 6.45) is 2.36. The van der Waals surface area contributed by atoms with Crippen LogP contribution < -0.4 is 10.6 Å². The van der Waals surface area contributed by atoms with Gasteiger partial charge in [0, 0.05) is 19.5 Å². The van der Waals surface area contributed by atoms with Crippen molar-refractivity contribution in [3.05, 3.63) is 17.8 Å². The van der Waals surface area contributed by atoms with Crippen LogP contribution in [0.1, 0.15) is 22.8 Å². The summed E-state index contributed by atoms with van der Waals surface area (Å²) in [6, 6.07) is 0.222. The van der Waals surface area contributed by atoms with Crippen LogP contribution in [-0.2, 0) is 0 Å². The molecule has 0 aliphatic carbocycles. The molecule has 2 heterocycles. The van der Waals surface area contributed by atoms with Crippen molar-refractivity contribution in [2.24, 2.45) is 0 Å². The van der Waals surface area contributed by atoms with E-state index in [1.54, 1.807) is 6.92 Å². The molecule has 1 aliphatic rings. The highest BCUT2D eigenvalue weighted by molar-refractivity contribution is 5.92. The Labute approximate surface area is 81.9 Å². The fraction of sp³-hybridized carbons (Fsp3) is 0.556. The van der Waals surface area contributed by atoms with Crippen LogP contribution in [0.25, 0.3) is 0 Å². The number of nitrogens with one attached hydrogen (secondary N) is 2. The number of nitrogens with zero attached hydrogens (tertiary/aromatic N) is 1. The molecule has 0 aromatic carbocycles. The predicted octanol–water partition coefficient (Wildman–Crippen LogP) is 0.0747. The van der Waals surface area contributed by atoms with E-state index in [2.05, 4.69) is 15.6 Å². The van der Waals surface area contributed by atoms with Crippen LogP contribution in [0.2, 0.25) is 0 Å². The van der Waals surface area contributed by atoms with Crippen LogP contribution in [0.15, 0.2) is 10.7 Å². The Balaban J connectivity index is 1.95. The number of hydrogen-bond acceptors (Lipinski definition) is 4. The van der Waals surface area contributed by atoms with Gasteiger partial charge in [0.15, 0.2) is 11.6 Å². The van der Waals surface area contributed by atoms with E-state index in [0.717, 1.165) is 19.5 Å². The van der Waals surface area contributed by atoms with Crippen molar-refractivity contribution in [1.29, 1.82) is 0 Å². The summed E-state index contributed by atoms with van der Waals surface area (Å²) in [7, 11) is 0. The third-order valence-corrected chi connectivity index (χ3v) is 2.25. The van der Waals surface area contributed by atoms with Gasteiger partial charge in [-0.15, -0.1) is 0 Å². The first kappa shape index (κ1) is 9.21. The zero-order chi connectivity index (χ0) is 9.97. The molecular formula is C9H13N3O2. The molecule has 1 fully saturated rings. The number of oxazole rings is 1. The number of carbonyl (C=O) groups is 1. The maximum atomic E-state index is 11.6. The van der Waals surface area contributed by atoms with E-state index in [1.165, 1.54) is 6.26 Å². The molecule has 0 spiro atoms. The Morgan fingerprint density at radius 1 is 1.79 bits per heavy atom. The van der Waals surface area contributed by atoms with Crippen LogP contribution in [-0.4, -0.2) is 30.0 Å². The monoisotopic (exact) mass is 195 g/mol. The minimum Gasteiger partial charge on any atom is -0.448 e. The Hall–Kier alpha value is -1.36. The Kier molecular flexibility index (Phi) is 2.49. The smallest absolute Gasteiger partial charge is 0.273 e. The fourth-order valence-corrected chi connectivity index (χ4v) is 1.50. The fourth-order valence-electron chi connectivity index (χ4n) is 1.50. The molecule has 0 radical (unpaired) electrons. The third-order valence-electron chi connectivity index (χ3n) is 2.25. The molecule has 1 aromatic rings. The van der Waals surface area contributed by atoms with Gasteiger partial charge in [0.1, 0.15) is 6.26 Å². The standard InChI is InChI=1S/C9H13N3O2/c1-6-11-8(5-14-6)9(13)12-7-2-3-10-4-7/h5,7,10H,2-4H2,1H3,(H,12,13)/t7-/m1/s1. The second-order valence-electron chi connectivity index (χ2n) is 3.41. The van der Waals surface area contributed by atoms with Gasteiger partial charge < -0.3 is 15.1 Å². The molecule has 0 saturated carbocycles. The molecule has 1 atom stereocenters. The van der Waals surface area contributed by atoms with Crippen LogP contribution in [0.4, 0.5) is 0 Å². The van der Waals surface area contributed by atoms with E-state index in [9.17, 15) is 4.79 Å². The van der Waals surface area contributed by atoms with Crippen molar-refractivity contribution in [2.75, 3.05) is 13.1 Å². The van der Waals surface area contributed by atoms with Gasteiger partial charge in [-0.25, -0.2) is 4.98 Å². The largest absolute Gasteiger partial charge is 0.448 e. The second kappa shape index (κ2) is 3.79. The van der Waals surface area contributed by atoms with Crippen LogP contribution >= 0.6 is 0 Å². The number of rotatable bonds is 2. The lowest BCUT2D eigenvalue weighted by atomic mass is 10.2. The number of carbonyl (C=O) groups excluding carboxylic acids is 1. The molecule has 1 aliphatic heterocycles. The summed E-state index contributed by atoms with van der Waals surface area (Å²) in [4.78, 5) is 15.5. The summed E-state index contributed by atoms with van der Waals surface area (Å²) in [5, 5.41) is 6.06. The molecular weight excluding hydrogens is 182 g/mol. The molecule has 14 heavy (non-hydrogen) atoms. The maximum Gasteiger partial charge on any atom is 0.273 e. The quantitative estimate of drug-likeness (QED) is 0.701. The average molecular weight is 195 g/mol. The minimum absolute atomic E-state index is 0.157. The lowest BCUT2D eigenvalue weighted by Gasteiger charge is -2.08. The van der Waals surface area contributed by atoms with Crippen molar-refractivity contribution < 1.29 is 9.21 Å². The highest BCUT2D eigenvalue weighted by Crippen LogP contribution is 2.02. The first-order valence-corrected chi connectivity index (χ1v) is 4.69. The number of aromatic nitrogens is 1. The molecule has 0 bridgehead atoms. The number of hydrogen-bond donors (Lipinski definition) is 2. The lowest BCUT2D eigenvalue weighted by molar-refractivity contribution is 0.0935. The Morgan fingerprint density at radius 2 is 2.64 bits per heavy atom. The molecule has 2 N–H and O–H groups in total. The van der Waals surface area contributed by atoms with E-state index in [-0.39, 0.29) is 11.9 Å². The van der Waals surface area contributed by atoms with Crippen molar-refractivity contribution in [2.45, 2.75) is 19.4 Å². The zero-order valence-electron chi connectivity index (χ0n) is 8.04. The molecule has 1 saturated heterocycles. The SMILES string of the molecule is Cc1nc(C(=O)N[C@@H]2CCNC2)co1. The van der Waals surface area contributed by atoms with Gasteiger partial charge in [0.25, 0.3) is 5.91 Å². The normalized spacial score (nSPS) is 21.1. The average Bonchev–Trinajstić information content (AvgIpc) is 2.75. The van der Waals surface area contributed by atoms with Crippen molar-refractivity contribution in [3.63, 3.8) is 0 Å². The maximum absolute atomic E-state index is 11.6. The number of amides is 1. The second-order valence-corrected chi connectivity index (χ2v) is 3.41. The first-order chi connectivity index (χ1) is 6.75. The van der Waals surface area contributed by atoms with Gasteiger partial charge in [-0.3, -0.25) is 4.79 Å². The van der Waals surface area contributed by atoms with E-state index in [0.29, 0.717) is 11.6 Å². The molecule has 0 unspecified atom stereocenters. The summed E-state index contributed by atoms with van der Waals surface area (Å²) in [5.74, 6) is 0.357. The van der Waals surface area contributed by atoms with Crippen LogP contribution in [0, 0.1) is 6.92 Å². The van der Waals surface area contributed by atoms with Gasteiger partial charge >= 0.3 is 0 Å². The minimum atomic E-state index is -0.157. The first-order valence-electron chi connectivity index (χ1n) is 4.69. The highest BCUT2D eigenvalue weighted by Gasteiger charge is 2.19.